The molecule has 0 fully saturated rings. The summed E-state index contributed by atoms with van der Waals surface area (Å²) in [5.74, 6) is 0.341. The molecule has 0 radical (unpaired) electrons. The van der Waals surface area contributed by atoms with Gasteiger partial charge in [-0.2, -0.15) is 0 Å². The van der Waals surface area contributed by atoms with Crippen LogP contribution in [0.4, 0.5) is 0 Å². The highest BCUT2D eigenvalue weighted by atomic mass is 16.5. The van der Waals surface area contributed by atoms with Crippen LogP contribution in [0.1, 0.15) is 30.4 Å². The summed E-state index contributed by atoms with van der Waals surface area (Å²) in [6.07, 6.45) is 0.275. The lowest BCUT2D eigenvalue weighted by molar-refractivity contribution is -0.145. The molecule has 134 valence electrons. The van der Waals surface area contributed by atoms with Crippen molar-refractivity contribution >= 4 is 16.9 Å². The Bertz CT molecular complexity index is 959. The molecule has 5 nitrogen and oxygen atoms in total. The van der Waals surface area contributed by atoms with E-state index in [1.165, 1.54) is 6.07 Å². The van der Waals surface area contributed by atoms with Crippen LogP contribution in [0.3, 0.4) is 0 Å². The molecule has 0 amide bonds. The number of carbonyl (C=O) groups is 1. The molecule has 3 aromatic rings. The van der Waals surface area contributed by atoms with E-state index in [0.29, 0.717) is 22.3 Å². The molecule has 0 saturated carbocycles. The van der Waals surface area contributed by atoms with Gasteiger partial charge in [-0.25, -0.2) is 4.79 Å². The number of hydrogen-bond donors (Lipinski definition) is 0. The van der Waals surface area contributed by atoms with Crippen molar-refractivity contribution in [3.8, 4) is 5.75 Å². The maximum absolute atomic E-state index is 12.2. The van der Waals surface area contributed by atoms with Gasteiger partial charge in [-0.15, -0.1) is 0 Å². The quantitative estimate of drug-likeness (QED) is 0.495. The number of fused-ring (bicyclic) bond motifs is 1. The van der Waals surface area contributed by atoms with Gasteiger partial charge in [0.2, 0.25) is 0 Å². The Morgan fingerprint density at radius 1 is 1.12 bits per heavy atom. The first-order valence-corrected chi connectivity index (χ1v) is 8.38. The normalized spacial score (nSPS) is 11.9. The van der Waals surface area contributed by atoms with E-state index in [0.717, 1.165) is 5.56 Å². The topological polar surface area (TPSA) is 65.7 Å². The summed E-state index contributed by atoms with van der Waals surface area (Å²) in [7, 11) is 1.54. The fourth-order valence-corrected chi connectivity index (χ4v) is 2.82. The zero-order valence-electron chi connectivity index (χ0n) is 14.7. The Kier molecular flexibility index (Phi) is 5.37. The van der Waals surface area contributed by atoms with Gasteiger partial charge in [-0.05, 0) is 23.6 Å². The number of esters is 1. The van der Waals surface area contributed by atoms with Crippen LogP contribution in [-0.4, -0.2) is 13.1 Å². The average Bonchev–Trinajstić information content (AvgIpc) is 2.66. The molecule has 3 rings (SSSR count). The van der Waals surface area contributed by atoms with Crippen molar-refractivity contribution in [1.82, 2.24) is 0 Å². The third kappa shape index (κ3) is 4.11. The van der Waals surface area contributed by atoms with Crippen molar-refractivity contribution in [3.63, 3.8) is 0 Å². The molecular weight excluding hydrogens is 332 g/mol. The van der Waals surface area contributed by atoms with E-state index in [9.17, 15) is 9.59 Å². The van der Waals surface area contributed by atoms with Crippen LogP contribution < -0.4 is 10.4 Å². The Morgan fingerprint density at radius 3 is 2.62 bits per heavy atom. The lowest BCUT2D eigenvalue weighted by Crippen LogP contribution is -2.10. The number of methoxy groups -OCH3 is 1. The van der Waals surface area contributed by atoms with E-state index in [2.05, 4.69) is 0 Å². The fourth-order valence-electron chi connectivity index (χ4n) is 2.82. The zero-order chi connectivity index (χ0) is 18.5. The number of benzene rings is 2. The van der Waals surface area contributed by atoms with Crippen LogP contribution in [0, 0.1) is 0 Å². The molecule has 5 heteroatoms. The van der Waals surface area contributed by atoms with Crippen LogP contribution in [0.25, 0.3) is 11.0 Å². The minimum atomic E-state index is -0.491. The lowest BCUT2D eigenvalue weighted by Gasteiger charge is -2.12. The van der Waals surface area contributed by atoms with Crippen molar-refractivity contribution < 1.29 is 18.7 Å². The molecule has 0 aliphatic rings. The fraction of sp³-hybridized carbons (Fsp3) is 0.238. The van der Waals surface area contributed by atoms with Crippen LogP contribution in [-0.2, 0) is 16.1 Å². The predicted molar refractivity (Wildman–Crippen MR) is 98.3 cm³/mol. The molecular formula is C21H20O5. The summed E-state index contributed by atoms with van der Waals surface area (Å²) in [6, 6.07) is 16.3. The smallest absolute Gasteiger partial charge is 0.336 e. The average molecular weight is 352 g/mol. The molecule has 0 aliphatic carbocycles. The Hall–Kier alpha value is -3.08. The van der Waals surface area contributed by atoms with Crippen LogP contribution in [0.2, 0.25) is 0 Å². The van der Waals surface area contributed by atoms with Crippen LogP contribution in [0.15, 0.2) is 63.8 Å². The molecule has 0 spiro atoms. The maximum atomic E-state index is 12.2. The number of rotatable bonds is 6. The summed E-state index contributed by atoms with van der Waals surface area (Å²) in [5, 5.41) is 0.717. The third-order valence-electron chi connectivity index (χ3n) is 4.27. The van der Waals surface area contributed by atoms with E-state index < -0.39 is 5.63 Å². The first kappa shape index (κ1) is 17.7. The SMILES string of the molecule is COc1ccc2c(COC(=O)C[C@H](C)c3ccccc3)cc(=O)oc2c1. The highest BCUT2D eigenvalue weighted by molar-refractivity contribution is 5.81. The lowest BCUT2D eigenvalue weighted by atomic mass is 9.98. The van der Waals surface area contributed by atoms with E-state index in [1.54, 1.807) is 25.3 Å². The monoisotopic (exact) mass is 352 g/mol. The Labute approximate surface area is 151 Å². The zero-order valence-corrected chi connectivity index (χ0v) is 14.7. The number of hydrogen-bond acceptors (Lipinski definition) is 5. The molecule has 1 heterocycles. The minimum absolute atomic E-state index is 0.0226. The first-order valence-electron chi connectivity index (χ1n) is 8.38. The second kappa shape index (κ2) is 7.87. The summed E-state index contributed by atoms with van der Waals surface area (Å²) >= 11 is 0. The molecule has 1 atom stereocenters. The summed E-state index contributed by atoms with van der Waals surface area (Å²) in [6.45, 7) is 2.00. The third-order valence-corrected chi connectivity index (χ3v) is 4.27. The highest BCUT2D eigenvalue weighted by Crippen LogP contribution is 2.24. The van der Waals surface area contributed by atoms with E-state index >= 15 is 0 Å². The molecule has 2 aromatic carbocycles. The van der Waals surface area contributed by atoms with Gasteiger partial charge in [-0.3, -0.25) is 4.79 Å². The van der Waals surface area contributed by atoms with Gasteiger partial charge in [0.15, 0.2) is 0 Å². The van der Waals surface area contributed by atoms with Crippen molar-refractivity contribution in [2.75, 3.05) is 7.11 Å². The minimum Gasteiger partial charge on any atom is -0.497 e. The van der Waals surface area contributed by atoms with Crippen molar-refractivity contribution in [2.45, 2.75) is 25.9 Å². The van der Waals surface area contributed by atoms with Crippen molar-refractivity contribution in [2.24, 2.45) is 0 Å². The van der Waals surface area contributed by atoms with Gasteiger partial charge in [-0.1, -0.05) is 37.3 Å². The second-order valence-corrected chi connectivity index (χ2v) is 6.13. The highest BCUT2D eigenvalue weighted by Gasteiger charge is 2.14. The molecule has 0 aliphatic heterocycles. The van der Waals surface area contributed by atoms with E-state index in [4.69, 9.17) is 13.9 Å². The largest absolute Gasteiger partial charge is 0.497 e. The predicted octanol–water partition coefficient (Wildman–Crippen LogP) is 4.04. The Morgan fingerprint density at radius 2 is 1.88 bits per heavy atom. The van der Waals surface area contributed by atoms with Gasteiger partial charge in [0, 0.05) is 23.1 Å². The van der Waals surface area contributed by atoms with E-state index in [1.807, 2.05) is 37.3 Å². The summed E-state index contributed by atoms with van der Waals surface area (Å²) < 4.78 is 15.7. The van der Waals surface area contributed by atoms with E-state index in [-0.39, 0.29) is 24.9 Å². The molecule has 0 unspecified atom stereocenters. The summed E-state index contributed by atoms with van der Waals surface area (Å²) in [5.41, 5.74) is 1.61. The Balaban J connectivity index is 1.71. The number of carbonyl (C=O) groups excluding carboxylic acids is 1. The van der Waals surface area contributed by atoms with Crippen LogP contribution in [0.5, 0.6) is 5.75 Å². The standard InChI is InChI=1S/C21H20O5/c1-14(15-6-4-3-5-7-15)10-20(22)25-13-16-11-21(23)26-19-12-17(24-2)8-9-18(16)19/h3-9,11-12,14H,10,13H2,1-2H3/t14-/m0/s1. The van der Waals surface area contributed by atoms with Crippen molar-refractivity contribution in [1.29, 1.82) is 0 Å². The summed E-state index contributed by atoms with van der Waals surface area (Å²) in [4.78, 5) is 23.9. The first-order chi connectivity index (χ1) is 12.6. The van der Waals surface area contributed by atoms with Gasteiger partial charge in [0.05, 0.1) is 13.5 Å². The maximum Gasteiger partial charge on any atom is 0.336 e. The molecule has 26 heavy (non-hydrogen) atoms. The van der Waals surface area contributed by atoms with Gasteiger partial charge < -0.3 is 13.9 Å². The molecule has 0 saturated heterocycles. The molecule has 0 N–H and O–H groups in total. The molecule has 1 aromatic heterocycles. The van der Waals surface area contributed by atoms with Gasteiger partial charge in [0.1, 0.15) is 17.9 Å². The number of ether oxygens (including phenoxy) is 2. The van der Waals surface area contributed by atoms with Crippen molar-refractivity contribution in [3.05, 3.63) is 76.1 Å². The van der Waals surface area contributed by atoms with Crippen LogP contribution >= 0.6 is 0 Å². The van der Waals surface area contributed by atoms with Gasteiger partial charge in [0.25, 0.3) is 0 Å². The van der Waals surface area contributed by atoms with Gasteiger partial charge >= 0.3 is 11.6 Å². The molecule has 0 bridgehead atoms. The second-order valence-electron chi connectivity index (χ2n) is 6.13.